The smallest absolute Gasteiger partial charge is 0.392 e. The van der Waals surface area contributed by atoms with Gasteiger partial charge in [0.25, 0.3) is 0 Å². The van der Waals surface area contributed by atoms with Gasteiger partial charge in [0.05, 0.1) is 23.1 Å². The molecule has 0 amide bonds. The average molecular weight is 517 g/mol. The third-order valence-corrected chi connectivity index (χ3v) is 7.31. The molecule has 2 aromatic rings. The molecular weight excluding hydrogens is 485 g/mol. The van der Waals surface area contributed by atoms with Gasteiger partial charge in [-0.15, -0.1) is 0 Å². The summed E-state index contributed by atoms with van der Waals surface area (Å²) in [6.45, 7) is 7.07. The summed E-state index contributed by atoms with van der Waals surface area (Å²) in [6.07, 6.45) is -2.66. The summed E-state index contributed by atoms with van der Waals surface area (Å²) in [7, 11) is -3.57. The van der Waals surface area contributed by atoms with Gasteiger partial charge in [0.15, 0.2) is 15.5 Å². The summed E-state index contributed by atoms with van der Waals surface area (Å²) in [5.41, 5.74) is -2.39. The first-order chi connectivity index (χ1) is 16.0. The van der Waals surface area contributed by atoms with Crippen LogP contribution < -0.4 is 9.80 Å². The van der Waals surface area contributed by atoms with Crippen molar-refractivity contribution in [3.63, 3.8) is 0 Å². The second kappa shape index (κ2) is 9.55. The Balaban J connectivity index is 1.97. The summed E-state index contributed by atoms with van der Waals surface area (Å²) in [5.74, 6) is -0.0630. The van der Waals surface area contributed by atoms with Crippen molar-refractivity contribution in [3.8, 4) is 0 Å². The van der Waals surface area contributed by atoms with E-state index in [-0.39, 0.29) is 22.8 Å². The van der Waals surface area contributed by atoms with Crippen LogP contribution in [0.3, 0.4) is 0 Å². The van der Waals surface area contributed by atoms with Crippen molar-refractivity contribution in [1.29, 1.82) is 0 Å². The SMILES string of the molecule is CC(C)C1CN(c2ccc(CO)c(S(C)(=O)=O)c2)CCN1c1ncc(C(C)(C)O)c(C(F)(F)F)n1. The Morgan fingerprint density at radius 2 is 1.86 bits per heavy atom. The molecule has 1 aromatic carbocycles. The molecule has 8 nitrogen and oxygen atoms in total. The summed E-state index contributed by atoms with van der Waals surface area (Å²) in [5, 5.41) is 19.7. The van der Waals surface area contributed by atoms with Crippen molar-refractivity contribution in [1.82, 2.24) is 9.97 Å². The van der Waals surface area contributed by atoms with E-state index in [9.17, 15) is 31.8 Å². The fourth-order valence-electron chi connectivity index (χ4n) is 4.25. The zero-order chi connectivity index (χ0) is 26.3. The van der Waals surface area contributed by atoms with Gasteiger partial charge in [-0.2, -0.15) is 13.2 Å². The molecule has 3 rings (SSSR count). The summed E-state index contributed by atoms with van der Waals surface area (Å²) < 4.78 is 65.7. The molecule has 0 spiro atoms. The number of anilines is 2. The van der Waals surface area contributed by atoms with Crippen LogP contribution >= 0.6 is 0 Å². The van der Waals surface area contributed by atoms with Gasteiger partial charge in [0.1, 0.15) is 0 Å². The highest BCUT2D eigenvalue weighted by Gasteiger charge is 2.41. The molecule has 2 N–H and O–H groups in total. The van der Waals surface area contributed by atoms with Crippen LogP contribution in [-0.2, 0) is 28.2 Å². The minimum absolute atomic E-state index is 0.00999. The van der Waals surface area contributed by atoms with Gasteiger partial charge in [-0.3, -0.25) is 0 Å². The van der Waals surface area contributed by atoms with Crippen LogP contribution in [-0.4, -0.2) is 60.5 Å². The first-order valence-corrected chi connectivity index (χ1v) is 13.1. The Kier molecular flexibility index (Phi) is 7.41. The molecule has 1 aliphatic heterocycles. The molecule has 0 saturated carbocycles. The van der Waals surface area contributed by atoms with Crippen LogP contribution in [0.2, 0.25) is 0 Å². The van der Waals surface area contributed by atoms with E-state index >= 15 is 0 Å². The fraction of sp³-hybridized carbons (Fsp3) is 0.565. The second-order valence-corrected chi connectivity index (χ2v) is 11.6. The summed E-state index contributed by atoms with van der Waals surface area (Å²) in [4.78, 5) is 11.7. The topological polar surface area (TPSA) is 107 Å². The van der Waals surface area contributed by atoms with Gasteiger partial charge in [-0.25, -0.2) is 18.4 Å². The van der Waals surface area contributed by atoms with E-state index in [4.69, 9.17) is 0 Å². The largest absolute Gasteiger partial charge is 0.433 e. The standard InChI is InChI=1S/C23H31F3N4O4S/c1-14(2)18-12-29(16-7-6-15(13-31)19(10-16)35(5,33)34)8-9-30(18)21-27-11-17(22(3,4)32)20(28-21)23(24,25)26/h6-7,10-11,14,18,31-32H,8-9,12-13H2,1-5H3. The zero-order valence-corrected chi connectivity index (χ0v) is 21.2. The molecule has 1 atom stereocenters. The van der Waals surface area contributed by atoms with E-state index < -0.39 is 39.5 Å². The molecule has 1 saturated heterocycles. The maximum atomic E-state index is 13.8. The number of benzene rings is 1. The second-order valence-electron chi connectivity index (χ2n) is 9.66. The van der Waals surface area contributed by atoms with Crippen molar-refractivity contribution in [2.45, 2.75) is 57.0 Å². The maximum absolute atomic E-state index is 13.8. The number of nitrogens with zero attached hydrogens (tertiary/aromatic N) is 4. The number of hydrogen-bond donors (Lipinski definition) is 2. The Bertz CT molecular complexity index is 1180. The predicted molar refractivity (Wildman–Crippen MR) is 126 cm³/mol. The number of sulfone groups is 1. The normalized spacial score (nSPS) is 17.9. The molecule has 1 fully saturated rings. The van der Waals surface area contributed by atoms with Crippen LogP contribution in [0.25, 0.3) is 0 Å². The Morgan fingerprint density at radius 1 is 1.20 bits per heavy atom. The molecule has 0 aliphatic carbocycles. The van der Waals surface area contributed by atoms with Crippen molar-refractivity contribution < 1.29 is 31.8 Å². The Morgan fingerprint density at radius 3 is 2.37 bits per heavy atom. The molecule has 35 heavy (non-hydrogen) atoms. The van der Waals surface area contributed by atoms with E-state index in [1.165, 1.54) is 19.9 Å². The molecule has 1 unspecified atom stereocenters. The highest BCUT2D eigenvalue weighted by atomic mass is 32.2. The summed E-state index contributed by atoms with van der Waals surface area (Å²) in [6, 6.07) is 4.54. The average Bonchev–Trinajstić information content (AvgIpc) is 2.76. The number of piperazine rings is 1. The minimum Gasteiger partial charge on any atom is -0.392 e. The number of hydrogen-bond acceptors (Lipinski definition) is 8. The van der Waals surface area contributed by atoms with Crippen LogP contribution in [0.1, 0.15) is 44.5 Å². The first kappa shape index (κ1) is 27.2. The lowest BCUT2D eigenvalue weighted by molar-refractivity contribution is -0.144. The first-order valence-electron chi connectivity index (χ1n) is 11.2. The predicted octanol–water partition coefficient (Wildman–Crippen LogP) is 2.97. The van der Waals surface area contributed by atoms with Gasteiger partial charge >= 0.3 is 6.18 Å². The number of aliphatic hydroxyl groups is 2. The fourth-order valence-corrected chi connectivity index (χ4v) is 5.20. The molecule has 2 heterocycles. The molecule has 0 bridgehead atoms. The maximum Gasteiger partial charge on any atom is 0.433 e. The van der Waals surface area contributed by atoms with Crippen molar-refractivity contribution in [2.24, 2.45) is 5.92 Å². The van der Waals surface area contributed by atoms with E-state index in [0.29, 0.717) is 30.9 Å². The number of aromatic nitrogens is 2. The van der Waals surface area contributed by atoms with E-state index in [0.717, 1.165) is 12.5 Å². The molecule has 194 valence electrons. The lowest BCUT2D eigenvalue weighted by Gasteiger charge is -2.44. The van der Waals surface area contributed by atoms with Gasteiger partial charge in [-0.1, -0.05) is 19.9 Å². The highest BCUT2D eigenvalue weighted by Crippen LogP contribution is 2.37. The molecule has 0 radical (unpaired) electrons. The third-order valence-electron chi connectivity index (χ3n) is 6.13. The van der Waals surface area contributed by atoms with E-state index in [2.05, 4.69) is 9.97 Å². The lowest BCUT2D eigenvalue weighted by atomic mass is 9.97. The Labute approximate surface area is 203 Å². The van der Waals surface area contributed by atoms with Crippen LogP contribution in [0.5, 0.6) is 0 Å². The van der Waals surface area contributed by atoms with Crippen LogP contribution in [0.15, 0.2) is 29.3 Å². The molecular formula is C23H31F3N4O4S. The van der Waals surface area contributed by atoms with Crippen LogP contribution in [0, 0.1) is 5.92 Å². The number of halogens is 3. The van der Waals surface area contributed by atoms with Gasteiger partial charge in [0.2, 0.25) is 5.95 Å². The number of alkyl halides is 3. The monoisotopic (exact) mass is 516 g/mol. The minimum atomic E-state index is -4.77. The van der Waals surface area contributed by atoms with E-state index in [1.54, 1.807) is 17.0 Å². The van der Waals surface area contributed by atoms with Crippen molar-refractivity contribution >= 4 is 21.5 Å². The van der Waals surface area contributed by atoms with Gasteiger partial charge < -0.3 is 20.0 Å². The summed E-state index contributed by atoms with van der Waals surface area (Å²) >= 11 is 0. The van der Waals surface area contributed by atoms with Crippen molar-refractivity contribution in [2.75, 3.05) is 35.7 Å². The molecule has 12 heteroatoms. The highest BCUT2D eigenvalue weighted by molar-refractivity contribution is 7.90. The van der Waals surface area contributed by atoms with Gasteiger partial charge in [-0.05, 0) is 37.5 Å². The van der Waals surface area contributed by atoms with E-state index in [1.807, 2.05) is 18.7 Å². The van der Waals surface area contributed by atoms with Crippen molar-refractivity contribution in [3.05, 3.63) is 41.2 Å². The zero-order valence-electron chi connectivity index (χ0n) is 20.3. The number of aliphatic hydroxyl groups excluding tert-OH is 1. The molecule has 1 aromatic heterocycles. The quantitative estimate of drug-likeness (QED) is 0.604. The van der Waals surface area contributed by atoms with Crippen LogP contribution in [0.4, 0.5) is 24.8 Å². The van der Waals surface area contributed by atoms with Gasteiger partial charge in [0, 0.05) is 43.3 Å². The number of rotatable bonds is 6. The Hall–Kier alpha value is -2.44. The molecule has 1 aliphatic rings. The third kappa shape index (κ3) is 5.87. The lowest BCUT2D eigenvalue weighted by Crippen LogP contribution is -2.56.